The molecule has 7 nitrogen and oxygen atoms in total. The Hall–Kier alpha value is -2.61. The van der Waals surface area contributed by atoms with Crippen molar-refractivity contribution in [2.24, 2.45) is 0 Å². The van der Waals surface area contributed by atoms with Crippen molar-refractivity contribution < 1.29 is 17.9 Å². The van der Waals surface area contributed by atoms with Gasteiger partial charge in [-0.15, -0.1) is 0 Å². The normalized spacial score (nSPS) is 11.3. The van der Waals surface area contributed by atoms with Crippen LogP contribution < -0.4 is 14.4 Å². The van der Waals surface area contributed by atoms with Crippen molar-refractivity contribution in [3.63, 3.8) is 0 Å². The molecule has 1 N–H and O–H groups in total. The van der Waals surface area contributed by atoms with Crippen LogP contribution in [0.4, 0.5) is 5.69 Å². The molecule has 1 aromatic carbocycles. The third kappa shape index (κ3) is 6.90. The summed E-state index contributed by atoms with van der Waals surface area (Å²) >= 11 is 0. The number of amides is 1. The van der Waals surface area contributed by atoms with Gasteiger partial charge in [-0.3, -0.25) is 14.1 Å². The van der Waals surface area contributed by atoms with Crippen LogP contribution in [0.1, 0.15) is 26.0 Å². The molecule has 2 aromatic rings. The molecule has 0 fully saturated rings. The number of nitrogens with one attached hydrogen (secondary N) is 1. The third-order valence-corrected chi connectivity index (χ3v) is 4.83. The third-order valence-electron chi connectivity index (χ3n) is 3.63. The smallest absolute Gasteiger partial charge is 0.232 e. The van der Waals surface area contributed by atoms with Crippen molar-refractivity contribution >= 4 is 21.6 Å². The predicted molar refractivity (Wildman–Crippen MR) is 105 cm³/mol. The van der Waals surface area contributed by atoms with Gasteiger partial charge in [0.25, 0.3) is 0 Å². The highest BCUT2D eigenvalue weighted by Crippen LogP contribution is 2.22. The first-order valence-electron chi connectivity index (χ1n) is 8.67. The fourth-order valence-electron chi connectivity index (χ4n) is 2.43. The molecule has 0 radical (unpaired) electrons. The molecule has 146 valence electrons. The Labute approximate surface area is 160 Å². The van der Waals surface area contributed by atoms with Crippen LogP contribution in [0.3, 0.4) is 0 Å². The quantitative estimate of drug-likeness (QED) is 0.709. The lowest BCUT2D eigenvalue weighted by atomic mass is 10.3. The molecule has 0 unspecified atom stereocenters. The lowest BCUT2D eigenvalue weighted by Gasteiger charge is -2.22. The molecule has 0 saturated carbocycles. The van der Waals surface area contributed by atoms with E-state index >= 15 is 0 Å². The Kier molecular flexibility index (Phi) is 7.18. The summed E-state index contributed by atoms with van der Waals surface area (Å²) in [5.41, 5.74) is 1.23. The van der Waals surface area contributed by atoms with E-state index in [1.165, 1.54) is 4.31 Å². The van der Waals surface area contributed by atoms with E-state index in [9.17, 15) is 13.2 Å². The molecule has 0 saturated heterocycles. The number of sulfonamides is 1. The van der Waals surface area contributed by atoms with Gasteiger partial charge in [0.05, 0.1) is 30.3 Å². The van der Waals surface area contributed by atoms with E-state index < -0.39 is 10.0 Å². The zero-order valence-corrected chi connectivity index (χ0v) is 16.6. The number of pyridine rings is 1. The molecule has 1 aromatic heterocycles. The number of hydrogen-bond donors (Lipinski definition) is 1. The Bertz CT molecular complexity index is 837. The van der Waals surface area contributed by atoms with E-state index in [1.54, 1.807) is 36.5 Å². The maximum Gasteiger partial charge on any atom is 0.232 e. The highest BCUT2D eigenvalue weighted by molar-refractivity contribution is 7.92. The van der Waals surface area contributed by atoms with Crippen LogP contribution in [0.15, 0.2) is 48.7 Å². The zero-order valence-electron chi connectivity index (χ0n) is 15.8. The van der Waals surface area contributed by atoms with E-state index in [1.807, 2.05) is 26.0 Å². The van der Waals surface area contributed by atoms with Gasteiger partial charge in [-0.1, -0.05) is 6.07 Å². The van der Waals surface area contributed by atoms with Crippen molar-refractivity contribution in [3.05, 3.63) is 54.4 Å². The minimum Gasteiger partial charge on any atom is -0.491 e. The lowest BCUT2D eigenvalue weighted by Crippen LogP contribution is -2.34. The SMILES string of the molecule is CC(C)Oc1ccc(N(CCC(=O)NCc2ccccn2)S(C)(=O)=O)cc1. The summed E-state index contributed by atoms with van der Waals surface area (Å²) in [4.78, 5) is 16.2. The first-order valence-corrected chi connectivity index (χ1v) is 10.5. The van der Waals surface area contributed by atoms with Crippen LogP contribution >= 0.6 is 0 Å². The molecule has 0 aliphatic carbocycles. The van der Waals surface area contributed by atoms with Crippen LogP contribution in [0.25, 0.3) is 0 Å². The molecular weight excluding hydrogens is 366 g/mol. The molecule has 0 aliphatic heterocycles. The summed E-state index contributed by atoms with van der Waals surface area (Å²) in [7, 11) is -3.52. The van der Waals surface area contributed by atoms with E-state index in [2.05, 4.69) is 10.3 Å². The minimum absolute atomic E-state index is 0.0321. The molecule has 27 heavy (non-hydrogen) atoms. The molecule has 0 bridgehead atoms. The number of rotatable bonds is 9. The van der Waals surface area contributed by atoms with Crippen molar-refractivity contribution in [2.45, 2.75) is 32.9 Å². The van der Waals surface area contributed by atoms with Crippen molar-refractivity contribution in [3.8, 4) is 5.75 Å². The van der Waals surface area contributed by atoms with E-state index in [0.717, 1.165) is 11.9 Å². The van der Waals surface area contributed by atoms with Crippen LogP contribution in [0.2, 0.25) is 0 Å². The molecule has 8 heteroatoms. The molecule has 0 atom stereocenters. The number of aromatic nitrogens is 1. The number of benzene rings is 1. The van der Waals surface area contributed by atoms with Gasteiger partial charge in [0.1, 0.15) is 5.75 Å². The number of hydrogen-bond acceptors (Lipinski definition) is 5. The van der Waals surface area contributed by atoms with Crippen LogP contribution in [-0.2, 0) is 21.4 Å². The number of ether oxygens (including phenoxy) is 1. The van der Waals surface area contributed by atoms with Crippen molar-refractivity contribution in [2.75, 3.05) is 17.1 Å². The van der Waals surface area contributed by atoms with Crippen LogP contribution in [0, 0.1) is 0 Å². The summed E-state index contributed by atoms with van der Waals surface area (Å²) in [5.74, 6) is 0.421. The summed E-state index contributed by atoms with van der Waals surface area (Å²) in [6.07, 6.45) is 2.85. The molecule has 2 rings (SSSR count). The standard InChI is InChI=1S/C19H25N3O4S/c1-15(2)26-18-9-7-17(8-10-18)22(27(3,24)25)13-11-19(23)21-14-16-6-4-5-12-20-16/h4-10,12,15H,11,13-14H2,1-3H3,(H,21,23). The van der Waals surface area contributed by atoms with Crippen molar-refractivity contribution in [1.29, 1.82) is 0 Å². The number of carbonyl (C=O) groups is 1. The van der Waals surface area contributed by atoms with Gasteiger partial charge in [0.15, 0.2) is 0 Å². The van der Waals surface area contributed by atoms with E-state index in [4.69, 9.17) is 4.74 Å². The topological polar surface area (TPSA) is 88.6 Å². The fourth-order valence-corrected chi connectivity index (χ4v) is 3.36. The van der Waals surface area contributed by atoms with Gasteiger partial charge < -0.3 is 10.1 Å². The second-order valence-electron chi connectivity index (χ2n) is 6.34. The van der Waals surface area contributed by atoms with Gasteiger partial charge >= 0.3 is 0 Å². The predicted octanol–water partition coefficient (Wildman–Crippen LogP) is 2.34. The second-order valence-corrected chi connectivity index (χ2v) is 8.25. The van der Waals surface area contributed by atoms with Crippen LogP contribution in [-0.4, -0.2) is 38.2 Å². The fraction of sp³-hybridized carbons (Fsp3) is 0.368. The summed E-state index contributed by atoms with van der Waals surface area (Å²) in [5, 5.41) is 2.74. The van der Waals surface area contributed by atoms with Gasteiger partial charge in [-0.2, -0.15) is 0 Å². The summed E-state index contributed by atoms with van der Waals surface area (Å²) < 4.78 is 31.1. The Balaban J connectivity index is 1.97. The number of nitrogens with zero attached hydrogens (tertiary/aromatic N) is 2. The Morgan fingerprint density at radius 3 is 2.44 bits per heavy atom. The average molecular weight is 391 g/mol. The number of carbonyl (C=O) groups excluding carboxylic acids is 1. The van der Waals surface area contributed by atoms with Gasteiger partial charge in [-0.05, 0) is 50.2 Å². The highest BCUT2D eigenvalue weighted by atomic mass is 32.2. The summed E-state index contributed by atoms with van der Waals surface area (Å²) in [6.45, 7) is 4.19. The second kappa shape index (κ2) is 9.36. The molecule has 1 amide bonds. The van der Waals surface area contributed by atoms with Crippen molar-refractivity contribution in [1.82, 2.24) is 10.3 Å². The van der Waals surface area contributed by atoms with Gasteiger partial charge in [0, 0.05) is 19.2 Å². The molecular formula is C19H25N3O4S. The Morgan fingerprint density at radius 2 is 1.89 bits per heavy atom. The van der Waals surface area contributed by atoms with Gasteiger partial charge in [-0.25, -0.2) is 8.42 Å². The Morgan fingerprint density at radius 1 is 1.19 bits per heavy atom. The first kappa shape index (κ1) is 20.7. The van der Waals surface area contributed by atoms with E-state index in [0.29, 0.717) is 18.0 Å². The minimum atomic E-state index is -3.52. The number of anilines is 1. The molecule has 1 heterocycles. The maximum absolute atomic E-state index is 12.1. The van der Waals surface area contributed by atoms with Gasteiger partial charge in [0.2, 0.25) is 15.9 Å². The monoisotopic (exact) mass is 391 g/mol. The lowest BCUT2D eigenvalue weighted by molar-refractivity contribution is -0.121. The molecule has 0 spiro atoms. The van der Waals surface area contributed by atoms with E-state index in [-0.39, 0.29) is 25.0 Å². The largest absolute Gasteiger partial charge is 0.491 e. The molecule has 0 aliphatic rings. The maximum atomic E-state index is 12.1. The van der Waals surface area contributed by atoms with Crippen LogP contribution in [0.5, 0.6) is 5.75 Å². The highest BCUT2D eigenvalue weighted by Gasteiger charge is 2.18. The zero-order chi connectivity index (χ0) is 19.9. The average Bonchev–Trinajstić information content (AvgIpc) is 2.61. The summed E-state index contributed by atoms with van der Waals surface area (Å²) in [6, 6.07) is 12.2. The first-order chi connectivity index (χ1) is 12.8.